The summed E-state index contributed by atoms with van der Waals surface area (Å²) in [5.41, 5.74) is 6.93. The van der Waals surface area contributed by atoms with Gasteiger partial charge < -0.3 is 16.0 Å². The molecule has 1 aliphatic heterocycles. The molecule has 1 fully saturated rings. The smallest absolute Gasteiger partial charge is 0.255 e. The monoisotopic (exact) mass is 337 g/mol. The van der Waals surface area contributed by atoms with Gasteiger partial charge in [0.15, 0.2) is 0 Å². The molecule has 0 aromatic heterocycles. The molecule has 0 radical (unpaired) electrons. The summed E-state index contributed by atoms with van der Waals surface area (Å²) in [6, 6.07) is 5.01. The number of piperidine rings is 1. The van der Waals surface area contributed by atoms with Crippen molar-refractivity contribution in [3.05, 3.63) is 28.8 Å². The molecule has 1 aromatic rings. The highest BCUT2D eigenvalue weighted by Gasteiger charge is 2.24. The Bertz CT molecular complexity index is 589. The maximum Gasteiger partial charge on any atom is 0.255 e. The molecule has 126 valence electrons. The SMILES string of the molecule is CC(C)CC(=O)Nc1ccc(Cl)c(C(=O)N2CCCC(N)C2)c1. The maximum absolute atomic E-state index is 12.7. The Morgan fingerprint density at radius 3 is 2.83 bits per heavy atom. The largest absolute Gasteiger partial charge is 0.337 e. The molecule has 1 saturated heterocycles. The van der Waals surface area contributed by atoms with E-state index in [1.807, 2.05) is 13.8 Å². The zero-order valence-corrected chi connectivity index (χ0v) is 14.4. The summed E-state index contributed by atoms with van der Waals surface area (Å²) in [6.07, 6.45) is 2.27. The number of benzene rings is 1. The Hall–Kier alpha value is -1.59. The van der Waals surface area contributed by atoms with Crippen molar-refractivity contribution in [2.75, 3.05) is 18.4 Å². The van der Waals surface area contributed by atoms with Crippen molar-refractivity contribution in [1.82, 2.24) is 4.90 Å². The van der Waals surface area contributed by atoms with Gasteiger partial charge >= 0.3 is 0 Å². The Morgan fingerprint density at radius 1 is 1.43 bits per heavy atom. The van der Waals surface area contributed by atoms with Crippen LogP contribution in [0.5, 0.6) is 0 Å². The van der Waals surface area contributed by atoms with E-state index in [2.05, 4.69) is 5.32 Å². The van der Waals surface area contributed by atoms with Crippen LogP contribution in [-0.4, -0.2) is 35.8 Å². The number of amides is 2. The van der Waals surface area contributed by atoms with Gasteiger partial charge in [-0.1, -0.05) is 25.4 Å². The van der Waals surface area contributed by atoms with Crippen LogP contribution in [-0.2, 0) is 4.79 Å². The van der Waals surface area contributed by atoms with Crippen molar-refractivity contribution >= 4 is 29.1 Å². The van der Waals surface area contributed by atoms with Crippen LogP contribution in [0, 0.1) is 5.92 Å². The maximum atomic E-state index is 12.7. The van der Waals surface area contributed by atoms with Gasteiger partial charge in [0.05, 0.1) is 10.6 Å². The summed E-state index contributed by atoms with van der Waals surface area (Å²) < 4.78 is 0. The van der Waals surface area contributed by atoms with Crippen LogP contribution in [0.1, 0.15) is 43.5 Å². The molecule has 1 atom stereocenters. The Labute approximate surface area is 142 Å². The number of hydrogen-bond donors (Lipinski definition) is 2. The van der Waals surface area contributed by atoms with Crippen LogP contribution in [0.15, 0.2) is 18.2 Å². The molecule has 0 aliphatic carbocycles. The van der Waals surface area contributed by atoms with E-state index in [1.54, 1.807) is 23.1 Å². The van der Waals surface area contributed by atoms with Gasteiger partial charge in [-0.2, -0.15) is 0 Å². The summed E-state index contributed by atoms with van der Waals surface area (Å²) in [7, 11) is 0. The molecule has 1 unspecified atom stereocenters. The molecule has 6 heteroatoms. The zero-order chi connectivity index (χ0) is 17.0. The van der Waals surface area contributed by atoms with Crippen LogP contribution in [0.25, 0.3) is 0 Å². The second-order valence-electron chi connectivity index (χ2n) is 6.49. The lowest BCUT2D eigenvalue weighted by atomic mass is 10.0. The highest BCUT2D eigenvalue weighted by atomic mass is 35.5. The van der Waals surface area contributed by atoms with E-state index >= 15 is 0 Å². The number of anilines is 1. The van der Waals surface area contributed by atoms with Crippen LogP contribution >= 0.6 is 11.6 Å². The normalized spacial score (nSPS) is 18.1. The highest BCUT2D eigenvalue weighted by Crippen LogP contribution is 2.24. The number of halogens is 1. The molecule has 0 saturated carbocycles. The fourth-order valence-electron chi connectivity index (χ4n) is 2.71. The van der Waals surface area contributed by atoms with Gasteiger partial charge in [-0.05, 0) is 37.0 Å². The first-order valence-electron chi connectivity index (χ1n) is 8.01. The standard InChI is InChI=1S/C17H24ClN3O2/c1-11(2)8-16(22)20-13-5-6-15(18)14(9-13)17(23)21-7-3-4-12(19)10-21/h5-6,9,11-12H,3-4,7-8,10,19H2,1-2H3,(H,20,22). The van der Waals surface area contributed by atoms with Gasteiger partial charge in [0.2, 0.25) is 5.91 Å². The average Bonchev–Trinajstić information content (AvgIpc) is 2.47. The van der Waals surface area contributed by atoms with E-state index in [-0.39, 0.29) is 23.8 Å². The van der Waals surface area contributed by atoms with Crippen LogP contribution < -0.4 is 11.1 Å². The topological polar surface area (TPSA) is 75.4 Å². The zero-order valence-electron chi connectivity index (χ0n) is 13.6. The molecular formula is C17H24ClN3O2. The lowest BCUT2D eigenvalue weighted by Crippen LogP contribution is -2.45. The van der Waals surface area contributed by atoms with E-state index in [0.29, 0.717) is 35.8 Å². The van der Waals surface area contributed by atoms with Gasteiger partial charge in [0.1, 0.15) is 0 Å². The molecule has 0 spiro atoms. The summed E-state index contributed by atoms with van der Waals surface area (Å²) in [5, 5.41) is 3.20. The van der Waals surface area contributed by atoms with E-state index < -0.39 is 0 Å². The van der Waals surface area contributed by atoms with E-state index in [9.17, 15) is 9.59 Å². The van der Waals surface area contributed by atoms with E-state index in [0.717, 1.165) is 12.8 Å². The van der Waals surface area contributed by atoms with Gasteiger partial charge in [-0.15, -0.1) is 0 Å². The lowest BCUT2D eigenvalue weighted by Gasteiger charge is -2.31. The molecule has 5 nitrogen and oxygen atoms in total. The van der Waals surface area contributed by atoms with Crippen molar-refractivity contribution in [3.63, 3.8) is 0 Å². The number of hydrogen-bond acceptors (Lipinski definition) is 3. The predicted octanol–water partition coefficient (Wildman–Crippen LogP) is 2.89. The molecule has 1 aromatic carbocycles. The van der Waals surface area contributed by atoms with Crippen molar-refractivity contribution in [1.29, 1.82) is 0 Å². The van der Waals surface area contributed by atoms with Crippen LogP contribution in [0.4, 0.5) is 5.69 Å². The van der Waals surface area contributed by atoms with Crippen molar-refractivity contribution in [2.24, 2.45) is 11.7 Å². The number of nitrogens with one attached hydrogen (secondary N) is 1. The molecule has 0 bridgehead atoms. The van der Waals surface area contributed by atoms with Crippen molar-refractivity contribution < 1.29 is 9.59 Å². The summed E-state index contributed by atoms with van der Waals surface area (Å²) in [6.45, 7) is 5.19. The van der Waals surface area contributed by atoms with Crippen LogP contribution in [0.3, 0.4) is 0 Å². The minimum atomic E-state index is -0.134. The Kier molecular flexibility index (Phi) is 6.02. The summed E-state index contributed by atoms with van der Waals surface area (Å²) >= 11 is 6.18. The van der Waals surface area contributed by atoms with E-state index in [1.165, 1.54) is 0 Å². The number of nitrogens with two attached hydrogens (primary N) is 1. The molecular weight excluding hydrogens is 314 g/mol. The predicted molar refractivity (Wildman–Crippen MR) is 92.6 cm³/mol. The van der Waals surface area contributed by atoms with Gasteiger partial charge in [0.25, 0.3) is 5.91 Å². The van der Waals surface area contributed by atoms with E-state index in [4.69, 9.17) is 17.3 Å². The van der Waals surface area contributed by atoms with Crippen molar-refractivity contribution in [3.8, 4) is 0 Å². The number of rotatable bonds is 4. The average molecular weight is 338 g/mol. The number of carbonyl (C=O) groups is 2. The first kappa shape index (κ1) is 17.8. The van der Waals surface area contributed by atoms with Gasteiger partial charge in [-0.25, -0.2) is 0 Å². The summed E-state index contributed by atoms with van der Waals surface area (Å²) in [4.78, 5) is 26.3. The number of carbonyl (C=O) groups excluding carboxylic acids is 2. The third-order valence-electron chi connectivity index (χ3n) is 3.82. The number of nitrogens with zero attached hydrogens (tertiary/aromatic N) is 1. The number of likely N-dealkylation sites (tertiary alicyclic amines) is 1. The van der Waals surface area contributed by atoms with Crippen molar-refractivity contribution in [2.45, 2.75) is 39.2 Å². The van der Waals surface area contributed by atoms with Crippen LogP contribution in [0.2, 0.25) is 5.02 Å². The van der Waals surface area contributed by atoms with Gasteiger partial charge in [0, 0.05) is 31.2 Å². The fraction of sp³-hybridized carbons (Fsp3) is 0.529. The van der Waals surface area contributed by atoms with Gasteiger partial charge in [-0.3, -0.25) is 9.59 Å². The molecule has 23 heavy (non-hydrogen) atoms. The quantitative estimate of drug-likeness (QED) is 0.887. The third kappa shape index (κ3) is 4.94. The minimum absolute atomic E-state index is 0.0143. The fourth-order valence-corrected chi connectivity index (χ4v) is 2.91. The third-order valence-corrected chi connectivity index (χ3v) is 4.15. The Balaban J connectivity index is 2.13. The summed E-state index contributed by atoms with van der Waals surface area (Å²) in [5.74, 6) is 0.0732. The molecule has 1 heterocycles. The second-order valence-corrected chi connectivity index (χ2v) is 6.90. The molecule has 2 amide bonds. The lowest BCUT2D eigenvalue weighted by molar-refractivity contribution is -0.116. The second kappa shape index (κ2) is 7.79. The molecule has 1 aliphatic rings. The minimum Gasteiger partial charge on any atom is -0.337 e. The molecule has 3 N–H and O–H groups in total. The highest BCUT2D eigenvalue weighted by molar-refractivity contribution is 6.34. The Morgan fingerprint density at radius 2 is 2.17 bits per heavy atom. The molecule has 2 rings (SSSR count). The first-order chi connectivity index (χ1) is 10.9. The first-order valence-corrected chi connectivity index (χ1v) is 8.39.